The van der Waals surface area contributed by atoms with E-state index in [9.17, 15) is 14.4 Å². The van der Waals surface area contributed by atoms with Crippen LogP contribution in [0.3, 0.4) is 0 Å². The van der Waals surface area contributed by atoms with Gasteiger partial charge in [0, 0.05) is 35.6 Å². The summed E-state index contributed by atoms with van der Waals surface area (Å²) in [5.74, 6) is -0.0356. The average Bonchev–Trinajstić information content (AvgIpc) is 2.67. The van der Waals surface area contributed by atoms with Crippen molar-refractivity contribution < 1.29 is 19.1 Å². The summed E-state index contributed by atoms with van der Waals surface area (Å²) in [6.45, 7) is 6.01. The van der Waals surface area contributed by atoms with Gasteiger partial charge in [-0.2, -0.15) is 0 Å². The number of ether oxygens (including phenoxy) is 1. The third-order valence-electron chi connectivity index (χ3n) is 3.66. The molecule has 2 rings (SSSR count). The van der Waals surface area contributed by atoms with E-state index in [4.69, 9.17) is 4.74 Å². The van der Waals surface area contributed by atoms with E-state index < -0.39 is 0 Å². The van der Waals surface area contributed by atoms with Gasteiger partial charge in [0.1, 0.15) is 5.75 Å². The summed E-state index contributed by atoms with van der Waals surface area (Å²) >= 11 is 0. The van der Waals surface area contributed by atoms with Gasteiger partial charge in [0.25, 0.3) is 11.8 Å². The van der Waals surface area contributed by atoms with Crippen LogP contribution in [0.15, 0.2) is 48.5 Å². The van der Waals surface area contributed by atoms with E-state index >= 15 is 0 Å². The zero-order chi connectivity index (χ0) is 21.2. The molecule has 0 aromatic heterocycles. The number of carbonyl (C=O) groups excluding carboxylic acids is 3. The second-order valence-corrected chi connectivity index (χ2v) is 6.55. The molecule has 0 fully saturated rings. The standard InChI is InChI=1S/C21H26N4O4/c1-4-22-19(26)13-29-18-7-5-6-17(12-18)24-20(27)15-8-10-16(11-9-15)25-21(28)23-14(2)3/h5-12,14H,4,13H2,1-3H3,(H,22,26)(H,24,27)(H2,23,25,28). The van der Waals surface area contributed by atoms with Crippen molar-refractivity contribution in [2.24, 2.45) is 0 Å². The molecule has 0 bridgehead atoms. The maximum absolute atomic E-state index is 12.4. The lowest BCUT2D eigenvalue weighted by molar-refractivity contribution is -0.122. The number of anilines is 2. The number of hydrogen-bond acceptors (Lipinski definition) is 4. The van der Waals surface area contributed by atoms with Gasteiger partial charge in [0.05, 0.1) is 0 Å². The molecule has 0 saturated heterocycles. The number of benzene rings is 2. The van der Waals surface area contributed by atoms with Crippen molar-refractivity contribution in [2.75, 3.05) is 23.8 Å². The topological polar surface area (TPSA) is 109 Å². The summed E-state index contributed by atoms with van der Waals surface area (Å²) in [6, 6.07) is 13.1. The van der Waals surface area contributed by atoms with Crippen LogP contribution in [-0.4, -0.2) is 37.0 Å². The van der Waals surface area contributed by atoms with Gasteiger partial charge in [-0.25, -0.2) is 4.79 Å². The molecule has 0 spiro atoms. The molecule has 0 heterocycles. The highest BCUT2D eigenvalue weighted by Gasteiger charge is 2.09. The first kappa shape index (κ1) is 21.7. The minimum Gasteiger partial charge on any atom is -0.484 e. The lowest BCUT2D eigenvalue weighted by atomic mass is 10.2. The van der Waals surface area contributed by atoms with Crippen molar-refractivity contribution in [2.45, 2.75) is 26.8 Å². The number of amides is 4. The van der Waals surface area contributed by atoms with Gasteiger partial charge in [0.15, 0.2) is 6.61 Å². The van der Waals surface area contributed by atoms with Gasteiger partial charge in [-0.1, -0.05) is 6.07 Å². The summed E-state index contributed by atoms with van der Waals surface area (Å²) in [4.78, 5) is 35.6. The molecule has 0 aliphatic heterocycles. The van der Waals surface area contributed by atoms with E-state index in [2.05, 4.69) is 21.3 Å². The molecule has 2 aromatic rings. The third kappa shape index (κ3) is 7.53. The molecule has 154 valence electrons. The Morgan fingerprint density at radius 3 is 2.34 bits per heavy atom. The summed E-state index contributed by atoms with van der Waals surface area (Å²) in [5.41, 5.74) is 1.57. The van der Waals surface area contributed by atoms with Crippen LogP contribution < -0.4 is 26.0 Å². The molecule has 29 heavy (non-hydrogen) atoms. The minimum absolute atomic E-state index is 0.0285. The van der Waals surface area contributed by atoms with Crippen LogP contribution >= 0.6 is 0 Å². The highest BCUT2D eigenvalue weighted by Crippen LogP contribution is 2.18. The van der Waals surface area contributed by atoms with Crippen molar-refractivity contribution in [1.29, 1.82) is 0 Å². The first-order valence-corrected chi connectivity index (χ1v) is 9.36. The van der Waals surface area contributed by atoms with Gasteiger partial charge in [-0.3, -0.25) is 9.59 Å². The summed E-state index contributed by atoms with van der Waals surface area (Å²) < 4.78 is 5.42. The summed E-state index contributed by atoms with van der Waals surface area (Å²) in [5, 5.41) is 10.8. The fraction of sp³-hybridized carbons (Fsp3) is 0.286. The van der Waals surface area contributed by atoms with Crippen LogP contribution in [0.4, 0.5) is 16.2 Å². The molecule has 4 amide bonds. The molecular weight excluding hydrogens is 372 g/mol. The second-order valence-electron chi connectivity index (χ2n) is 6.55. The number of carbonyl (C=O) groups is 3. The summed E-state index contributed by atoms with van der Waals surface area (Å²) in [7, 11) is 0. The van der Waals surface area contributed by atoms with Crippen molar-refractivity contribution >= 4 is 29.2 Å². The van der Waals surface area contributed by atoms with E-state index in [0.29, 0.717) is 29.2 Å². The molecule has 0 radical (unpaired) electrons. The first-order chi connectivity index (χ1) is 13.9. The number of rotatable bonds is 8. The van der Waals surface area contributed by atoms with Crippen molar-refractivity contribution in [3.05, 3.63) is 54.1 Å². The minimum atomic E-state index is -0.304. The van der Waals surface area contributed by atoms with E-state index in [1.165, 1.54) is 0 Å². The summed E-state index contributed by atoms with van der Waals surface area (Å²) in [6.07, 6.45) is 0. The Labute approximate surface area is 170 Å². The van der Waals surface area contributed by atoms with Crippen LogP contribution in [0.25, 0.3) is 0 Å². The number of urea groups is 1. The Morgan fingerprint density at radius 2 is 1.69 bits per heavy atom. The van der Waals surface area contributed by atoms with E-state index in [1.807, 2.05) is 20.8 Å². The van der Waals surface area contributed by atoms with E-state index in [-0.39, 0.29) is 30.5 Å². The predicted molar refractivity (Wildman–Crippen MR) is 112 cm³/mol. The highest BCUT2D eigenvalue weighted by molar-refractivity contribution is 6.04. The Morgan fingerprint density at radius 1 is 0.966 bits per heavy atom. The van der Waals surface area contributed by atoms with E-state index in [0.717, 1.165) is 0 Å². The molecular formula is C21H26N4O4. The van der Waals surface area contributed by atoms with Crippen LogP contribution in [0.1, 0.15) is 31.1 Å². The van der Waals surface area contributed by atoms with Crippen LogP contribution in [0.2, 0.25) is 0 Å². The number of hydrogen-bond donors (Lipinski definition) is 4. The van der Waals surface area contributed by atoms with Gasteiger partial charge in [0.2, 0.25) is 0 Å². The Balaban J connectivity index is 1.93. The Hall–Kier alpha value is -3.55. The molecule has 2 aromatic carbocycles. The van der Waals surface area contributed by atoms with Crippen molar-refractivity contribution in [3.63, 3.8) is 0 Å². The lowest BCUT2D eigenvalue weighted by Crippen LogP contribution is -2.34. The molecule has 0 unspecified atom stereocenters. The zero-order valence-corrected chi connectivity index (χ0v) is 16.7. The molecule has 8 nitrogen and oxygen atoms in total. The maximum Gasteiger partial charge on any atom is 0.319 e. The van der Waals surface area contributed by atoms with Crippen LogP contribution in [0, 0.1) is 0 Å². The Kier molecular flexibility index (Phi) is 8.02. The molecule has 0 saturated carbocycles. The fourth-order valence-electron chi connectivity index (χ4n) is 2.40. The second kappa shape index (κ2) is 10.7. The first-order valence-electron chi connectivity index (χ1n) is 9.36. The molecule has 8 heteroatoms. The number of nitrogens with one attached hydrogen (secondary N) is 4. The van der Waals surface area contributed by atoms with Gasteiger partial charge in [-0.05, 0) is 57.2 Å². The van der Waals surface area contributed by atoms with Gasteiger partial charge < -0.3 is 26.0 Å². The van der Waals surface area contributed by atoms with Crippen molar-refractivity contribution in [1.82, 2.24) is 10.6 Å². The van der Waals surface area contributed by atoms with Crippen molar-refractivity contribution in [3.8, 4) is 5.75 Å². The zero-order valence-electron chi connectivity index (χ0n) is 16.7. The van der Waals surface area contributed by atoms with Crippen LogP contribution in [-0.2, 0) is 4.79 Å². The lowest BCUT2D eigenvalue weighted by Gasteiger charge is -2.11. The smallest absolute Gasteiger partial charge is 0.319 e. The van der Waals surface area contributed by atoms with Crippen LogP contribution in [0.5, 0.6) is 5.75 Å². The quantitative estimate of drug-likeness (QED) is 0.548. The maximum atomic E-state index is 12.4. The van der Waals surface area contributed by atoms with E-state index in [1.54, 1.807) is 48.5 Å². The number of likely N-dealkylation sites (N-methyl/N-ethyl adjacent to an activating group) is 1. The molecule has 0 atom stereocenters. The Bertz CT molecular complexity index is 850. The molecule has 0 aliphatic rings. The SMILES string of the molecule is CCNC(=O)COc1cccc(NC(=O)c2ccc(NC(=O)NC(C)C)cc2)c1. The predicted octanol–water partition coefficient (Wildman–Crippen LogP) is 2.98. The average molecular weight is 398 g/mol. The van der Waals surface area contributed by atoms with Gasteiger partial charge >= 0.3 is 6.03 Å². The largest absolute Gasteiger partial charge is 0.484 e. The third-order valence-corrected chi connectivity index (χ3v) is 3.66. The molecule has 0 aliphatic carbocycles. The highest BCUT2D eigenvalue weighted by atomic mass is 16.5. The normalized spacial score (nSPS) is 10.2. The fourth-order valence-corrected chi connectivity index (χ4v) is 2.40. The van der Waals surface area contributed by atoms with Gasteiger partial charge in [-0.15, -0.1) is 0 Å². The molecule has 4 N–H and O–H groups in total. The monoisotopic (exact) mass is 398 g/mol.